The van der Waals surface area contributed by atoms with Crippen molar-refractivity contribution in [3.8, 4) is 0 Å². The fourth-order valence-electron chi connectivity index (χ4n) is 1.31. The molecule has 0 radical (unpaired) electrons. The number of halogens is 4. The summed E-state index contributed by atoms with van der Waals surface area (Å²) in [6, 6.07) is 1.55. The van der Waals surface area contributed by atoms with Crippen LogP contribution >= 0.6 is 15.9 Å². The van der Waals surface area contributed by atoms with E-state index in [0.29, 0.717) is 0 Å². The van der Waals surface area contributed by atoms with Crippen molar-refractivity contribution in [3.63, 3.8) is 0 Å². The van der Waals surface area contributed by atoms with E-state index >= 15 is 0 Å². The zero-order valence-corrected chi connectivity index (χ0v) is 11.0. The number of alkyl halides is 2. The van der Waals surface area contributed by atoms with Gasteiger partial charge in [-0.1, -0.05) is 12.1 Å². The molecule has 100 valence electrons. The van der Waals surface area contributed by atoms with E-state index in [9.17, 15) is 18.0 Å². The van der Waals surface area contributed by atoms with Gasteiger partial charge in [-0.25, -0.2) is 9.18 Å². The van der Waals surface area contributed by atoms with Gasteiger partial charge in [0.1, 0.15) is 11.9 Å². The fourth-order valence-corrected chi connectivity index (χ4v) is 1.82. The summed E-state index contributed by atoms with van der Waals surface area (Å²) in [4.78, 5) is 11.1. The molecule has 1 rings (SSSR count). The normalized spacial score (nSPS) is 13.2. The Balaban J connectivity index is 3.09. The Morgan fingerprint density at radius 3 is 2.72 bits per heavy atom. The lowest BCUT2D eigenvalue weighted by atomic mass is 10.0. The second-order valence-corrected chi connectivity index (χ2v) is 4.26. The van der Waals surface area contributed by atoms with Gasteiger partial charge in [0.05, 0.1) is 11.1 Å². The first-order valence-corrected chi connectivity index (χ1v) is 5.86. The van der Waals surface area contributed by atoms with E-state index in [-0.39, 0.29) is 16.6 Å². The van der Waals surface area contributed by atoms with Gasteiger partial charge in [-0.15, -0.1) is 0 Å². The molecule has 0 aromatic heterocycles. The van der Waals surface area contributed by atoms with Crippen LogP contribution in [0.25, 0.3) is 0 Å². The second-order valence-electron chi connectivity index (χ2n) is 3.46. The van der Waals surface area contributed by atoms with Crippen LogP contribution in [0.1, 0.15) is 18.5 Å². The quantitative estimate of drug-likeness (QED) is 0.866. The molecular weight excluding hydrogens is 315 g/mol. The second kappa shape index (κ2) is 5.71. The Labute approximate surface area is 110 Å². The number of rotatable bonds is 4. The molecule has 1 atom stereocenters. The number of esters is 1. The predicted octanol–water partition coefficient (Wildman–Crippen LogP) is 2.79. The Morgan fingerprint density at radius 1 is 1.56 bits per heavy atom. The van der Waals surface area contributed by atoms with Crippen molar-refractivity contribution >= 4 is 21.9 Å². The molecule has 0 aliphatic rings. The maximum absolute atomic E-state index is 13.7. The van der Waals surface area contributed by atoms with E-state index < -0.39 is 23.8 Å². The number of carbonyl (C=O) groups is 1. The number of nitrogens with two attached hydrogens (primary N) is 1. The molecule has 0 amide bonds. The Kier molecular flexibility index (Phi) is 4.75. The predicted molar refractivity (Wildman–Crippen MR) is 62.6 cm³/mol. The molecule has 1 aromatic rings. The molecule has 0 aliphatic heterocycles. The van der Waals surface area contributed by atoms with E-state index in [1.165, 1.54) is 19.1 Å². The van der Waals surface area contributed by atoms with Gasteiger partial charge in [-0.3, -0.25) is 0 Å². The van der Waals surface area contributed by atoms with Gasteiger partial charge in [-0.2, -0.15) is 8.78 Å². The molecule has 0 spiro atoms. The standard InChI is InChI=1S/C11H11BrF3NO2/c1-2-18-10(17)11(14,15)9(16)6-4-3-5-7(13)8(6)12/h3-5,9H,2,16H2,1H3/t9-/m0/s1. The SMILES string of the molecule is CCOC(=O)C(F)(F)[C@@H](N)c1cccc(F)c1Br. The third kappa shape index (κ3) is 2.84. The van der Waals surface area contributed by atoms with E-state index in [0.717, 1.165) is 6.07 Å². The van der Waals surface area contributed by atoms with Crippen LogP contribution in [0.5, 0.6) is 0 Å². The number of benzene rings is 1. The van der Waals surface area contributed by atoms with Crippen molar-refractivity contribution in [2.45, 2.75) is 18.9 Å². The van der Waals surface area contributed by atoms with Crippen molar-refractivity contribution in [1.82, 2.24) is 0 Å². The topological polar surface area (TPSA) is 52.3 Å². The van der Waals surface area contributed by atoms with Crippen molar-refractivity contribution in [2.75, 3.05) is 6.61 Å². The zero-order chi connectivity index (χ0) is 13.9. The van der Waals surface area contributed by atoms with E-state index in [2.05, 4.69) is 20.7 Å². The van der Waals surface area contributed by atoms with Crippen LogP contribution in [0.4, 0.5) is 13.2 Å². The number of carbonyl (C=O) groups excluding carboxylic acids is 1. The molecule has 0 fully saturated rings. The van der Waals surface area contributed by atoms with Crippen molar-refractivity contribution in [2.24, 2.45) is 5.73 Å². The van der Waals surface area contributed by atoms with Crippen LogP contribution in [-0.4, -0.2) is 18.5 Å². The fraction of sp³-hybridized carbons (Fsp3) is 0.364. The van der Waals surface area contributed by atoms with E-state index in [1.807, 2.05) is 0 Å². The first-order valence-electron chi connectivity index (χ1n) is 5.06. The van der Waals surface area contributed by atoms with Gasteiger partial charge in [0.15, 0.2) is 0 Å². The van der Waals surface area contributed by atoms with Gasteiger partial charge >= 0.3 is 11.9 Å². The highest BCUT2D eigenvalue weighted by Gasteiger charge is 2.48. The van der Waals surface area contributed by atoms with Crippen molar-refractivity contribution in [3.05, 3.63) is 34.1 Å². The van der Waals surface area contributed by atoms with Crippen LogP contribution in [0.2, 0.25) is 0 Å². The summed E-state index contributed by atoms with van der Waals surface area (Å²) in [6.45, 7) is 1.21. The molecule has 0 unspecified atom stereocenters. The lowest BCUT2D eigenvalue weighted by Gasteiger charge is -2.22. The van der Waals surface area contributed by atoms with Gasteiger partial charge in [0.25, 0.3) is 0 Å². The average molecular weight is 326 g/mol. The minimum absolute atomic E-state index is 0.189. The van der Waals surface area contributed by atoms with E-state index in [4.69, 9.17) is 5.73 Å². The Bertz CT molecular complexity index is 454. The first kappa shape index (κ1) is 15.0. The van der Waals surface area contributed by atoms with Gasteiger partial charge in [-0.05, 0) is 34.5 Å². The summed E-state index contributed by atoms with van der Waals surface area (Å²) in [6.07, 6.45) is 0. The maximum atomic E-state index is 13.7. The molecule has 3 nitrogen and oxygen atoms in total. The van der Waals surface area contributed by atoms with Crippen molar-refractivity contribution < 1.29 is 22.7 Å². The number of ether oxygens (including phenoxy) is 1. The number of hydrogen-bond donors (Lipinski definition) is 1. The van der Waals surface area contributed by atoms with Gasteiger partial charge < -0.3 is 10.5 Å². The van der Waals surface area contributed by atoms with Crippen LogP contribution in [0.3, 0.4) is 0 Å². The molecule has 0 bridgehead atoms. The first-order chi connectivity index (χ1) is 8.32. The Morgan fingerprint density at radius 2 is 2.17 bits per heavy atom. The molecule has 18 heavy (non-hydrogen) atoms. The van der Waals surface area contributed by atoms with Crippen molar-refractivity contribution in [1.29, 1.82) is 0 Å². The summed E-state index contributed by atoms with van der Waals surface area (Å²) in [5, 5.41) is 0. The largest absolute Gasteiger partial charge is 0.462 e. The van der Waals surface area contributed by atoms with E-state index in [1.54, 1.807) is 0 Å². The molecule has 0 heterocycles. The third-order valence-corrected chi connectivity index (χ3v) is 3.09. The molecule has 0 aliphatic carbocycles. The van der Waals surface area contributed by atoms with Crippen LogP contribution in [-0.2, 0) is 9.53 Å². The van der Waals surface area contributed by atoms with Crippen LogP contribution in [0, 0.1) is 5.82 Å². The summed E-state index contributed by atoms with van der Waals surface area (Å²) in [5.41, 5.74) is 5.13. The summed E-state index contributed by atoms with van der Waals surface area (Å²) < 4.78 is 44.6. The minimum atomic E-state index is -3.92. The lowest BCUT2D eigenvalue weighted by Crippen LogP contribution is -2.42. The summed E-state index contributed by atoms with van der Waals surface area (Å²) >= 11 is 2.82. The summed E-state index contributed by atoms with van der Waals surface area (Å²) in [7, 11) is 0. The van der Waals surface area contributed by atoms with Gasteiger partial charge in [0, 0.05) is 0 Å². The average Bonchev–Trinajstić information content (AvgIpc) is 2.32. The zero-order valence-electron chi connectivity index (χ0n) is 9.42. The smallest absolute Gasteiger partial charge is 0.379 e. The molecule has 0 saturated carbocycles. The molecular formula is C11H11BrF3NO2. The van der Waals surface area contributed by atoms with Crippen LogP contribution < -0.4 is 5.73 Å². The highest BCUT2D eigenvalue weighted by atomic mass is 79.9. The monoisotopic (exact) mass is 325 g/mol. The highest BCUT2D eigenvalue weighted by molar-refractivity contribution is 9.10. The third-order valence-electron chi connectivity index (χ3n) is 2.25. The molecule has 7 heteroatoms. The molecule has 0 saturated heterocycles. The molecule has 2 N–H and O–H groups in total. The number of hydrogen-bond acceptors (Lipinski definition) is 3. The molecule has 1 aromatic carbocycles. The lowest BCUT2D eigenvalue weighted by molar-refractivity contribution is -0.174. The Hall–Kier alpha value is -1.08. The highest BCUT2D eigenvalue weighted by Crippen LogP contribution is 2.35. The van der Waals surface area contributed by atoms with Gasteiger partial charge in [0.2, 0.25) is 0 Å². The minimum Gasteiger partial charge on any atom is -0.462 e. The summed E-state index contributed by atoms with van der Waals surface area (Å²) in [5.74, 6) is -6.39. The van der Waals surface area contributed by atoms with Crippen LogP contribution in [0.15, 0.2) is 22.7 Å². The maximum Gasteiger partial charge on any atom is 0.379 e.